The molecule has 0 amide bonds. The Morgan fingerprint density at radius 1 is 0.862 bits per heavy atom. The van der Waals surface area contributed by atoms with Gasteiger partial charge in [-0.3, -0.25) is 0 Å². The van der Waals surface area contributed by atoms with Gasteiger partial charge in [-0.1, -0.05) is 54.6 Å². The molecule has 0 bridgehead atoms. The molecule has 4 rings (SSSR count). The van der Waals surface area contributed by atoms with E-state index in [0.717, 1.165) is 0 Å². The second kappa shape index (κ2) is 7.47. The lowest BCUT2D eigenvalue weighted by Gasteiger charge is -2.23. The Bertz CT molecular complexity index is 1090. The zero-order valence-electron chi connectivity index (χ0n) is 14.9. The summed E-state index contributed by atoms with van der Waals surface area (Å²) < 4.78 is 16.0. The Labute approximate surface area is 164 Å². The Morgan fingerprint density at radius 3 is 2.14 bits per heavy atom. The van der Waals surface area contributed by atoms with Gasteiger partial charge in [-0.05, 0) is 17.7 Å². The normalized spacial score (nSPS) is 16.1. The number of cyclic esters (lactones) is 2. The van der Waals surface area contributed by atoms with Crippen LogP contribution in [0.1, 0.15) is 28.0 Å². The molecule has 7 nitrogen and oxygen atoms in total. The lowest BCUT2D eigenvalue weighted by molar-refractivity contribution is -0.255. The van der Waals surface area contributed by atoms with E-state index < -0.39 is 24.2 Å². The molecule has 0 saturated carbocycles. The summed E-state index contributed by atoms with van der Waals surface area (Å²) in [5, 5.41) is 10.8. The molecule has 29 heavy (non-hydrogen) atoms. The van der Waals surface area contributed by atoms with E-state index in [1.807, 2.05) is 0 Å². The van der Waals surface area contributed by atoms with Crippen molar-refractivity contribution >= 4 is 24.0 Å². The summed E-state index contributed by atoms with van der Waals surface area (Å²) in [6, 6.07) is 17.8. The molecule has 1 saturated heterocycles. The number of aromatic carboxylic acids is 1. The Kier molecular flexibility index (Phi) is 4.70. The minimum atomic E-state index is -1.27. The molecule has 7 heteroatoms. The van der Waals surface area contributed by atoms with Gasteiger partial charge in [-0.2, -0.15) is 0 Å². The highest BCUT2D eigenvalue weighted by molar-refractivity contribution is 6.18. The smallest absolute Gasteiger partial charge is 0.349 e. The number of hydrogen-bond donors (Lipinski definition) is 0. The van der Waals surface area contributed by atoms with Crippen LogP contribution in [0.3, 0.4) is 0 Å². The minimum Gasteiger partial charge on any atom is -0.545 e. The van der Waals surface area contributed by atoms with Crippen molar-refractivity contribution in [2.24, 2.45) is 0 Å². The zero-order valence-corrected chi connectivity index (χ0v) is 14.9. The molecule has 1 aromatic heterocycles. The average Bonchev–Trinajstić information content (AvgIpc) is 3.20. The Morgan fingerprint density at radius 2 is 1.52 bits per heavy atom. The summed E-state index contributed by atoms with van der Waals surface area (Å²) in [4.78, 5) is 35.4. The molecule has 0 spiro atoms. The lowest BCUT2D eigenvalue weighted by Crippen LogP contribution is -2.29. The molecule has 0 unspecified atom stereocenters. The predicted octanol–water partition coefficient (Wildman–Crippen LogP) is 2.49. The maximum Gasteiger partial charge on any atom is 0.349 e. The zero-order chi connectivity index (χ0) is 20.4. The predicted molar refractivity (Wildman–Crippen MR) is 97.8 cm³/mol. The SMILES string of the molecule is O=C1OC(c2ccccc2)OC(=O)C1=Cc1ccc(-c2ccc(C(=O)[O-])cc2)o1. The number of carbonyl (C=O) groups excluding carboxylic acids is 3. The highest BCUT2D eigenvalue weighted by Gasteiger charge is 2.34. The highest BCUT2D eigenvalue weighted by Crippen LogP contribution is 2.29. The summed E-state index contributed by atoms with van der Waals surface area (Å²) in [6.07, 6.45) is 0.146. The number of benzene rings is 2. The third-order valence-electron chi connectivity index (χ3n) is 4.26. The van der Waals surface area contributed by atoms with Crippen molar-refractivity contribution in [2.45, 2.75) is 6.29 Å². The summed E-state index contributed by atoms with van der Waals surface area (Å²) in [5.74, 6) is -2.23. The van der Waals surface area contributed by atoms with Crippen molar-refractivity contribution in [3.63, 3.8) is 0 Å². The van der Waals surface area contributed by atoms with Gasteiger partial charge in [0.1, 0.15) is 17.1 Å². The fraction of sp³-hybridized carbons (Fsp3) is 0.0455. The molecule has 1 fully saturated rings. The maximum atomic E-state index is 12.3. The lowest BCUT2D eigenvalue weighted by atomic mass is 10.1. The average molecular weight is 389 g/mol. The van der Waals surface area contributed by atoms with Crippen LogP contribution in [0.5, 0.6) is 0 Å². The molecule has 0 atom stereocenters. The number of carboxylic acid groups (broad SMARTS) is 1. The van der Waals surface area contributed by atoms with Crippen LogP contribution in [0, 0.1) is 0 Å². The standard InChI is InChI=1S/C22H14O7/c23-19(24)14-8-6-13(7-9-14)18-11-10-16(27-18)12-17-20(25)28-22(29-21(17)26)15-4-2-1-3-5-15/h1-12,22H,(H,23,24)/p-1. The molecule has 144 valence electrons. The van der Waals surface area contributed by atoms with Crippen molar-refractivity contribution in [2.75, 3.05) is 0 Å². The summed E-state index contributed by atoms with van der Waals surface area (Å²) >= 11 is 0. The molecular formula is C22H13O7-. The van der Waals surface area contributed by atoms with Crippen LogP contribution in [-0.4, -0.2) is 17.9 Å². The second-order valence-corrected chi connectivity index (χ2v) is 6.18. The third-order valence-corrected chi connectivity index (χ3v) is 4.26. The van der Waals surface area contributed by atoms with Gasteiger partial charge in [0, 0.05) is 17.2 Å². The fourth-order valence-electron chi connectivity index (χ4n) is 2.79. The van der Waals surface area contributed by atoms with Gasteiger partial charge in [0.25, 0.3) is 6.29 Å². The number of furan rings is 1. The molecule has 0 aliphatic carbocycles. The van der Waals surface area contributed by atoms with Gasteiger partial charge in [-0.25, -0.2) is 9.59 Å². The van der Waals surface area contributed by atoms with Crippen LogP contribution in [0.25, 0.3) is 17.4 Å². The minimum absolute atomic E-state index is 0.0447. The van der Waals surface area contributed by atoms with Gasteiger partial charge >= 0.3 is 11.9 Å². The van der Waals surface area contributed by atoms with E-state index >= 15 is 0 Å². The van der Waals surface area contributed by atoms with Crippen molar-refractivity contribution in [3.8, 4) is 11.3 Å². The van der Waals surface area contributed by atoms with Crippen molar-refractivity contribution in [3.05, 3.63) is 89.2 Å². The highest BCUT2D eigenvalue weighted by atomic mass is 16.7. The van der Waals surface area contributed by atoms with E-state index in [4.69, 9.17) is 13.9 Å². The number of carboxylic acids is 1. The van der Waals surface area contributed by atoms with Crippen LogP contribution in [0.4, 0.5) is 0 Å². The molecule has 0 N–H and O–H groups in total. The van der Waals surface area contributed by atoms with E-state index in [2.05, 4.69) is 0 Å². The van der Waals surface area contributed by atoms with Crippen LogP contribution in [-0.2, 0) is 19.1 Å². The van der Waals surface area contributed by atoms with Crippen LogP contribution in [0.2, 0.25) is 0 Å². The van der Waals surface area contributed by atoms with E-state index in [1.165, 1.54) is 18.2 Å². The van der Waals surface area contributed by atoms with Crippen LogP contribution in [0.15, 0.2) is 76.7 Å². The molecule has 3 aromatic rings. The van der Waals surface area contributed by atoms with E-state index in [0.29, 0.717) is 16.9 Å². The summed E-state index contributed by atoms with van der Waals surface area (Å²) in [6.45, 7) is 0. The molecular weight excluding hydrogens is 376 g/mol. The summed E-state index contributed by atoms with van der Waals surface area (Å²) in [7, 11) is 0. The number of hydrogen-bond acceptors (Lipinski definition) is 7. The summed E-state index contributed by atoms with van der Waals surface area (Å²) in [5.41, 5.74) is 0.930. The van der Waals surface area contributed by atoms with Crippen LogP contribution >= 0.6 is 0 Å². The Hall–Kier alpha value is -4.13. The number of ether oxygens (including phenoxy) is 2. The second-order valence-electron chi connectivity index (χ2n) is 6.18. The van der Waals surface area contributed by atoms with Crippen LogP contribution < -0.4 is 5.11 Å². The quantitative estimate of drug-likeness (QED) is 0.383. The topological polar surface area (TPSA) is 106 Å². The number of carbonyl (C=O) groups is 3. The first-order valence-corrected chi connectivity index (χ1v) is 8.61. The first-order chi connectivity index (χ1) is 14.0. The van der Waals surface area contributed by atoms with Gasteiger partial charge < -0.3 is 23.8 Å². The first-order valence-electron chi connectivity index (χ1n) is 8.61. The van der Waals surface area contributed by atoms with Gasteiger partial charge in [0.05, 0.1) is 5.97 Å². The van der Waals surface area contributed by atoms with E-state index in [-0.39, 0.29) is 16.9 Å². The first kappa shape index (κ1) is 18.2. The number of rotatable bonds is 4. The van der Waals surface area contributed by atoms with Crippen molar-refractivity contribution in [1.82, 2.24) is 0 Å². The van der Waals surface area contributed by atoms with Crippen molar-refractivity contribution in [1.29, 1.82) is 0 Å². The van der Waals surface area contributed by atoms with Crippen molar-refractivity contribution < 1.29 is 33.4 Å². The monoisotopic (exact) mass is 389 g/mol. The van der Waals surface area contributed by atoms with Gasteiger partial charge in [0.2, 0.25) is 0 Å². The number of esters is 2. The molecule has 2 aromatic carbocycles. The molecule has 2 heterocycles. The third kappa shape index (κ3) is 3.79. The molecule has 1 aliphatic heterocycles. The van der Waals surface area contributed by atoms with Gasteiger partial charge in [-0.15, -0.1) is 0 Å². The van der Waals surface area contributed by atoms with E-state index in [1.54, 1.807) is 54.6 Å². The molecule has 1 aliphatic rings. The van der Waals surface area contributed by atoms with E-state index in [9.17, 15) is 19.5 Å². The Balaban J connectivity index is 1.53. The largest absolute Gasteiger partial charge is 0.545 e. The fourth-order valence-corrected chi connectivity index (χ4v) is 2.79. The maximum absolute atomic E-state index is 12.3. The molecule has 0 radical (unpaired) electrons. The van der Waals surface area contributed by atoms with Gasteiger partial charge in [0.15, 0.2) is 0 Å².